The minimum atomic E-state index is 0.867. The molecule has 0 radical (unpaired) electrons. The highest BCUT2D eigenvalue weighted by atomic mass is 14.1. The maximum Gasteiger partial charge on any atom is 0.0117 e. The van der Waals surface area contributed by atoms with E-state index in [9.17, 15) is 0 Å². The lowest BCUT2D eigenvalue weighted by Gasteiger charge is -2.13. The summed E-state index contributed by atoms with van der Waals surface area (Å²) in [4.78, 5) is 0. The van der Waals surface area contributed by atoms with Crippen molar-refractivity contribution in [3.8, 4) is 11.8 Å². The van der Waals surface area contributed by atoms with Crippen LogP contribution in [-0.2, 0) is 0 Å². The van der Waals surface area contributed by atoms with E-state index in [4.69, 9.17) is 0 Å². The van der Waals surface area contributed by atoms with Crippen LogP contribution < -0.4 is 0 Å². The average molecular weight is 377 g/mol. The van der Waals surface area contributed by atoms with Crippen LogP contribution in [0, 0.1) is 17.8 Å². The van der Waals surface area contributed by atoms with Crippen LogP contribution in [0.2, 0.25) is 0 Å². The van der Waals surface area contributed by atoms with Crippen molar-refractivity contribution in [3.05, 3.63) is 0 Å². The predicted molar refractivity (Wildman–Crippen MR) is 125 cm³/mol. The SMILES string of the molecule is CCCCCCCCCCCCC#CCC(CCCC)CCCCCCC. The zero-order valence-electron chi connectivity index (χ0n) is 19.4. The molecule has 27 heavy (non-hydrogen) atoms. The van der Waals surface area contributed by atoms with Gasteiger partial charge in [-0.3, -0.25) is 0 Å². The van der Waals surface area contributed by atoms with Gasteiger partial charge in [0.15, 0.2) is 0 Å². The zero-order valence-corrected chi connectivity index (χ0v) is 19.4. The summed E-state index contributed by atoms with van der Waals surface area (Å²) in [5.41, 5.74) is 0. The molecular weight excluding hydrogens is 324 g/mol. The summed E-state index contributed by atoms with van der Waals surface area (Å²) >= 11 is 0. The van der Waals surface area contributed by atoms with Gasteiger partial charge in [0.25, 0.3) is 0 Å². The standard InChI is InChI=1S/C27H52/c1-4-7-10-12-13-14-15-16-17-18-19-21-23-26-27(24-9-6-3)25-22-20-11-8-5-2/h27H,4-20,22,24-26H2,1-3H3. The second-order valence-corrected chi connectivity index (χ2v) is 8.70. The van der Waals surface area contributed by atoms with Gasteiger partial charge in [0.2, 0.25) is 0 Å². The number of hydrogen-bond donors (Lipinski definition) is 0. The molecule has 0 rings (SSSR count). The third-order valence-electron chi connectivity index (χ3n) is 5.85. The monoisotopic (exact) mass is 376 g/mol. The summed E-state index contributed by atoms with van der Waals surface area (Å²) in [6, 6.07) is 0. The van der Waals surface area contributed by atoms with Crippen LogP contribution in [0.15, 0.2) is 0 Å². The van der Waals surface area contributed by atoms with Crippen molar-refractivity contribution in [2.24, 2.45) is 5.92 Å². The molecule has 0 aliphatic carbocycles. The van der Waals surface area contributed by atoms with Crippen LogP contribution in [0.1, 0.15) is 156 Å². The summed E-state index contributed by atoms with van der Waals surface area (Å²) in [6.45, 7) is 6.91. The molecule has 0 bridgehead atoms. The van der Waals surface area contributed by atoms with E-state index >= 15 is 0 Å². The Bertz CT molecular complexity index is 319. The van der Waals surface area contributed by atoms with Crippen molar-refractivity contribution in [3.63, 3.8) is 0 Å². The van der Waals surface area contributed by atoms with Crippen LogP contribution in [0.5, 0.6) is 0 Å². The summed E-state index contributed by atoms with van der Waals surface area (Å²) in [5, 5.41) is 0. The molecule has 0 aliphatic heterocycles. The number of unbranched alkanes of at least 4 members (excludes halogenated alkanes) is 15. The van der Waals surface area contributed by atoms with Gasteiger partial charge in [-0.15, -0.1) is 11.8 Å². The third kappa shape index (κ3) is 21.7. The molecule has 0 spiro atoms. The molecule has 0 aromatic carbocycles. The maximum absolute atomic E-state index is 3.53. The van der Waals surface area contributed by atoms with E-state index in [0.29, 0.717) is 0 Å². The molecule has 0 aliphatic rings. The minimum Gasteiger partial charge on any atom is -0.103 e. The Kier molecular flexibility index (Phi) is 23.2. The van der Waals surface area contributed by atoms with Crippen LogP contribution in [-0.4, -0.2) is 0 Å². The summed E-state index contributed by atoms with van der Waals surface area (Å²) in [7, 11) is 0. The van der Waals surface area contributed by atoms with Gasteiger partial charge in [-0.05, 0) is 25.2 Å². The van der Waals surface area contributed by atoms with Crippen molar-refractivity contribution in [2.45, 2.75) is 156 Å². The van der Waals surface area contributed by atoms with Crippen LogP contribution in [0.4, 0.5) is 0 Å². The normalized spacial score (nSPS) is 12.0. The lowest BCUT2D eigenvalue weighted by molar-refractivity contribution is 0.419. The van der Waals surface area contributed by atoms with Crippen molar-refractivity contribution in [2.75, 3.05) is 0 Å². The minimum absolute atomic E-state index is 0.867. The Morgan fingerprint density at radius 3 is 1.44 bits per heavy atom. The summed E-state index contributed by atoms with van der Waals surface area (Å²) in [5.74, 6) is 7.87. The Balaban J connectivity index is 3.60. The van der Waals surface area contributed by atoms with Crippen molar-refractivity contribution in [1.29, 1.82) is 0 Å². The molecule has 0 nitrogen and oxygen atoms in total. The van der Waals surface area contributed by atoms with Gasteiger partial charge in [0.05, 0.1) is 0 Å². The first-order valence-corrected chi connectivity index (χ1v) is 12.8. The molecule has 1 atom stereocenters. The smallest absolute Gasteiger partial charge is 0.0117 e. The van der Waals surface area contributed by atoms with Gasteiger partial charge < -0.3 is 0 Å². The van der Waals surface area contributed by atoms with E-state index in [1.807, 2.05) is 0 Å². The molecule has 1 unspecified atom stereocenters. The fraction of sp³-hybridized carbons (Fsp3) is 0.926. The molecule has 0 fully saturated rings. The molecule has 160 valence electrons. The lowest BCUT2D eigenvalue weighted by Crippen LogP contribution is -1.99. The molecule has 0 aromatic rings. The fourth-order valence-electron chi connectivity index (χ4n) is 3.88. The van der Waals surface area contributed by atoms with E-state index in [2.05, 4.69) is 32.6 Å². The first-order valence-electron chi connectivity index (χ1n) is 12.8. The first kappa shape index (κ1) is 26.6. The maximum atomic E-state index is 3.53. The summed E-state index contributed by atoms with van der Waals surface area (Å²) < 4.78 is 0. The highest BCUT2D eigenvalue weighted by Crippen LogP contribution is 2.20. The number of hydrogen-bond acceptors (Lipinski definition) is 0. The van der Waals surface area contributed by atoms with Crippen LogP contribution in [0.25, 0.3) is 0 Å². The molecule has 0 saturated carbocycles. The van der Waals surface area contributed by atoms with Gasteiger partial charge in [0, 0.05) is 12.8 Å². The van der Waals surface area contributed by atoms with Gasteiger partial charge in [0.1, 0.15) is 0 Å². The van der Waals surface area contributed by atoms with Gasteiger partial charge in [-0.2, -0.15) is 0 Å². The quantitative estimate of drug-likeness (QED) is 0.146. The summed E-state index contributed by atoms with van der Waals surface area (Å²) in [6.07, 6.45) is 29.1. The Morgan fingerprint density at radius 1 is 0.444 bits per heavy atom. The third-order valence-corrected chi connectivity index (χ3v) is 5.85. The van der Waals surface area contributed by atoms with Gasteiger partial charge in [-0.1, -0.05) is 124 Å². The van der Waals surface area contributed by atoms with Crippen LogP contribution in [0.3, 0.4) is 0 Å². The number of rotatable bonds is 20. The fourth-order valence-corrected chi connectivity index (χ4v) is 3.88. The molecule has 0 heteroatoms. The van der Waals surface area contributed by atoms with Crippen molar-refractivity contribution >= 4 is 0 Å². The topological polar surface area (TPSA) is 0 Å². The van der Waals surface area contributed by atoms with Crippen molar-refractivity contribution < 1.29 is 0 Å². The lowest BCUT2D eigenvalue weighted by atomic mass is 9.92. The Morgan fingerprint density at radius 2 is 0.889 bits per heavy atom. The molecule has 0 aromatic heterocycles. The van der Waals surface area contributed by atoms with Gasteiger partial charge >= 0.3 is 0 Å². The Labute approximate surface area is 173 Å². The molecular formula is C27H52. The predicted octanol–water partition coefficient (Wildman–Crippen LogP) is 9.86. The average Bonchev–Trinajstić information content (AvgIpc) is 2.68. The second-order valence-electron chi connectivity index (χ2n) is 8.70. The van der Waals surface area contributed by atoms with E-state index in [1.54, 1.807) is 0 Å². The van der Waals surface area contributed by atoms with Crippen molar-refractivity contribution in [1.82, 2.24) is 0 Å². The van der Waals surface area contributed by atoms with Crippen LogP contribution >= 0.6 is 0 Å². The van der Waals surface area contributed by atoms with E-state index in [0.717, 1.165) is 18.8 Å². The van der Waals surface area contributed by atoms with E-state index in [1.165, 1.54) is 122 Å². The van der Waals surface area contributed by atoms with Gasteiger partial charge in [-0.25, -0.2) is 0 Å². The molecule has 0 heterocycles. The van der Waals surface area contributed by atoms with E-state index < -0.39 is 0 Å². The molecule has 0 saturated heterocycles. The Hall–Kier alpha value is -0.440. The first-order chi connectivity index (χ1) is 13.3. The highest BCUT2D eigenvalue weighted by molar-refractivity contribution is 4.99. The molecule has 0 N–H and O–H groups in total. The van der Waals surface area contributed by atoms with E-state index in [-0.39, 0.29) is 0 Å². The molecule has 0 amide bonds. The zero-order chi connectivity index (χ0) is 19.8. The highest BCUT2D eigenvalue weighted by Gasteiger charge is 2.06. The second kappa shape index (κ2) is 23.6. The largest absolute Gasteiger partial charge is 0.103 e.